The summed E-state index contributed by atoms with van der Waals surface area (Å²) in [6, 6.07) is 0. The Morgan fingerprint density at radius 3 is 1.15 bits per heavy atom. The molecule has 0 aromatic rings. The van der Waals surface area contributed by atoms with Gasteiger partial charge in [-0.15, -0.1) is 3.63 Å². The smallest absolute Gasteiger partial charge is 1.00 e. The first-order valence-corrected chi connectivity index (χ1v) is 19.3. The minimum atomic E-state index is -6.85. The Morgan fingerprint density at radius 1 is 0.709 bits per heavy atom. The quantitative estimate of drug-likeness (QED) is 0.0466. The van der Waals surface area contributed by atoms with Crippen molar-refractivity contribution in [3.63, 3.8) is 0 Å². The molecule has 3 aliphatic carbocycles. The Balaban J connectivity index is -0.000000311. The largest absolute Gasteiger partial charge is 1.00 e. The second-order valence-corrected chi connectivity index (χ2v) is 16.3. The second kappa shape index (κ2) is 26.3. The van der Waals surface area contributed by atoms with Crippen molar-refractivity contribution in [2.45, 2.75) is 104 Å². The summed E-state index contributed by atoms with van der Waals surface area (Å²) < 4.78 is 156. The molecule has 3 rings (SSSR count). The van der Waals surface area contributed by atoms with Gasteiger partial charge in [0, 0.05) is 38.1 Å². The molecule has 0 heterocycles. The van der Waals surface area contributed by atoms with E-state index in [2.05, 4.69) is 29.5 Å². The molecule has 3 saturated carbocycles. The molecule has 0 aliphatic heterocycles. The number of esters is 3. The molecule has 0 aromatic carbocycles. The van der Waals surface area contributed by atoms with Gasteiger partial charge in [-0.1, -0.05) is 29.5 Å². The van der Waals surface area contributed by atoms with Crippen LogP contribution in [-0.4, -0.2) is 126 Å². The van der Waals surface area contributed by atoms with Crippen LogP contribution in [0.1, 0.15) is 67.6 Å². The molecule has 3 aliphatic rings. The Kier molecular flexibility index (Phi) is 28.4. The monoisotopic (exact) mass is 1100 g/mol. The van der Waals surface area contributed by atoms with Crippen LogP contribution < -0.4 is 53.5 Å². The summed E-state index contributed by atoms with van der Waals surface area (Å²) in [7, 11) is -10.1. The Labute approximate surface area is 370 Å². The fourth-order valence-electron chi connectivity index (χ4n) is 4.66. The maximum atomic E-state index is 11.4. The summed E-state index contributed by atoms with van der Waals surface area (Å²) in [5, 5.41) is 9.04. The fraction of sp³-hybridized carbons (Fsp3) is 0.893. The number of hydrogen-bond acceptors (Lipinski definition) is 15. The number of aliphatic hydroxyl groups excluding tert-OH is 1. The van der Waals surface area contributed by atoms with Gasteiger partial charge < -0.3 is 57.5 Å². The van der Waals surface area contributed by atoms with Crippen molar-refractivity contribution in [3.05, 3.63) is 0 Å². The number of alkyl halides is 8. The molecule has 0 atom stereocenters. The van der Waals surface area contributed by atoms with Crippen LogP contribution in [0, 0.1) is 5.92 Å². The number of ether oxygens (including phenoxy) is 6. The zero-order valence-electron chi connectivity index (χ0n) is 32.2. The van der Waals surface area contributed by atoms with E-state index < -0.39 is 61.3 Å². The summed E-state index contributed by atoms with van der Waals surface area (Å²) in [5.41, 5.74) is -14.6. The van der Waals surface area contributed by atoms with Gasteiger partial charge in [-0.25, -0.2) is 14.4 Å². The molecule has 0 bridgehead atoms. The zero-order valence-corrected chi connectivity index (χ0v) is 39.1. The van der Waals surface area contributed by atoms with Crippen LogP contribution in [-0.2, 0) is 66.7 Å². The summed E-state index contributed by atoms with van der Waals surface area (Å²) in [6.07, 6.45) is 3.43. The maximum Gasteiger partial charge on any atom is 1.00 e. The predicted octanol–water partition coefficient (Wildman–Crippen LogP) is -1.72. The van der Waals surface area contributed by atoms with Crippen LogP contribution in [0.25, 0.3) is 0 Å². The number of halogens is 9. The Hall–Kier alpha value is 0.0800. The molecule has 0 aromatic heterocycles. The van der Waals surface area contributed by atoms with Crippen LogP contribution in [0.15, 0.2) is 0 Å². The van der Waals surface area contributed by atoms with Crippen LogP contribution in [0.4, 0.5) is 30.7 Å². The van der Waals surface area contributed by atoms with Crippen LogP contribution in [0.5, 0.6) is 0 Å². The molecular formula is C28H46F7I2NaO15S2. The first-order valence-electron chi connectivity index (χ1n) is 15.9. The molecule has 0 radical (unpaired) electrons. The van der Waals surface area contributed by atoms with E-state index in [1.807, 2.05) is 17.5 Å². The van der Waals surface area contributed by atoms with Crippen molar-refractivity contribution in [1.29, 1.82) is 0 Å². The normalized spacial score (nSPS) is 26.8. The number of methoxy groups -OCH3 is 3. The van der Waals surface area contributed by atoms with Gasteiger partial charge in [0.1, 0.15) is 0 Å². The third-order valence-electron chi connectivity index (χ3n) is 7.45. The average molecular weight is 1100 g/mol. The Morgan fingerprint density at radius 2 is 0.964 bits per heavy atom. The van der Waals surface area contributed by atoms with E-state index >= 15 is 0 Å². The van der Waals surface area contributed by atoms with Gasteiger partial charge >= 0.3 is 78.7 Å². The van der Waals surface area contributed by atoms with E-state index in [0.717, 1.165) is 25.7 Å². The molecule has 0 unspecified atom stereocenters. The van der Waals surface area contributed by atoms with E-state index in [-0.39, 0.29) is 71.4 Å². The summed E-state index contributed by atoms with van der Waals surface area (Å²) >= 11 is 2.32. The molecule has 3 fully saturated rings. The SMILES string of the molecule is CCOC(=O)C1(OC)CC(C)C1.CCOC(=O)C1(OC)CC(I)C1.CCOC(=O)C1(OC)CC(O)C1.O=S(=O)(OS(=O)(=O)C(F)(F)F)C(F)(F)F.[2H]CF.[I-].[Na+]. The van der Waals surface area contributed by atoms with Crippen molar-refractivity contribution >= 4 is 60.7 Å². The molecule has 55 heavy (non-hydrogen) atoms. The average Bonchev–Trinajstić information content (AvgIpc) is 3.00. The third-order valence-corrected chi connectivity index (χ3v) is 10.9. The first-order chi connectivity index (χ1) is 24.6. The van der Waals surface area contributed by atoms with Crippen molar-refractivity contribution < 1.29 is 154 Å². The van der Waals surface area contributed by atoms with Crippen LogP contribution >= 0.6 is 22.6 Å². The predicted molar refractivity (Wildman–Crippen MR) is 178 cm³/mol. The molecule has 324 valence electrons. The van der Waals surface area contributed by atoms with Crippen molar-refractivity contribution in [2.24, 2.45) is 5.92 Å². The first kappa shape index (κ1) is 59.4. The number of aliphatic hydroxyl groups is 1. The molecule has 0 spiro atoms. The van der Waals surface area contributed by atoms with Gasteiger partial charge in [0.05, 0.1) is 34.4 Å². The number of hydrogen-bond donors (Lipinski definition) is 1. The van der Waals surface area contributed by atoms with Gasteiger partial charge in [-0.2, -0.15) is 43.2 Å². The Bertz CT molecular complexity index is 1260. The van der Waals surface area contributed by atoms with Gasteiger partial charge in [0.15, 0.2) is 16.8 Å². The van der Waals surface area contributed by atoms with Gasteiger partial charge in [-0.3, -0.25) is 4.39 Å². The molecule has 0 amide bonds. The molecule has 0 saturated heterocycles. The zero-order chi connectivity index (χ0) is 43.0. The molecular weight excluding hydrogens is 1050 g/mol. The minimum Gasteiger partial charge on any atom is -1.00 e. The summed E-state index contributed by atoms with van der Waals surface area (Å²) in [6.45, 7) is 8.67. The van der Waals surface area contributed by atoms with Crippen molar-refractivity contribution in [2.75, 3.05) is 48.3 Å². The molecule has 15 nitrogen and oxygen atoms in total. The van der Waals surface area contributed by atoms with E-state index in [1.165, 1.54) is 7.11 Å². The number of rotatable bonds is 11. The van der Waals surface area contributed by atoms with E-state index in [1.54, 1.807) is 21.1 Å². The maximum absolute atomic E-state index is 11.4. The molecule has 27 heteroatoms. The third kappa shape index (κ3) is 18.1. The van der Waals surface area contributed by atoms with Gasteiger partial charge in [-0.05, 0) is 52.4 Å². The second-order valence-electron chi connectivity index (χ2n) is 11.2. The number of carbonyl (C=O) groups is 3. The summed E-state index contributed by atoms with van der Waals surface area (Å²) in [4.78, 5) is 34.0. The van der Waals surface area contributed by atoms with E-state index in [9.17, 15) is 62.0 Å². The van der Waals surface area contributed by atoms with Gasteiger partial charge in [0.2, 0.25) is 0 Å². The van der Waals surface area contributed by atoms with Crippen LogP contribution in [0.3, 0.4) is 0 Å². The van der Waals surface area contributed by atoms with Crippen molar-refractivity contribution in [1.82, 2.24) is 0 Å². The number of carbonyl (C=O) groups excluding carboxylic acids is 3. The van der Waals surface area contributed by atoms with E-state index in [4.69, 9.17) is 34.9 Å². The van der Waals surface area contributed by atoms with Crippen LogP contribution in [0.2, 0.25) is 0 Å². The van der Waals surface area contributed by atoms with E-state index in [0.29, 0.717) is 42.5 Å². The fourth-order valence-corrected chi connectivity index (χ4v) is 7.64. The molecule has 1 N–H and O–H groups in total. The topological polar surface area (TPSA) is 204 Å². The standard InChI is InChI=1S/C9H16O3.C8H13IO3.C8H14O4.C2F6O5S2.CH3F.HI.Na/c1-4-12-8(10)9(11-3)5-7(2)6-9;2*1-3-12-7(10)8(11-2)4-6(9)5-8;3-1(4,5)14(9,10)13-15(11,12)2(6,7)8;1-2;;/h7H,4-6H2,1-3H3;6H,3-5H2,1-2H3;6,9H,3-5H2,1-2H3;;1H3;1H;/q;;;;;;+1/p-1/i;;;;1D;;. The minimum absolute atomic E-state index is 0. The van der Waals surface area contributed by atoms with Crippen molar-refractivity contribution in [3.8, 4) is 0 Å². The summed E-state index contributed by atoms with van der Waals surface area (Å²) in [5.74, 6) is -0.196. The van der Waals surface area contributed by atoms with Gasteiger partial charge in [0.25, 0.3) is 0 Å².